The summed E-state index contributed by atoms with van der Waals surface area (Å²) in [6.07, 6.45) is 4.17. The molecule has 0 N–H and O–H groups in total. The lowest BCUT2D eigenvalue weighted by Crippen LogP contribution is -2.25. The number of fused-ring (bicyclic) bond motifs is 1. The molecule has 2 atom stereocenters. The summed E-state index contributed by atoms with van der Waals surface area (Å²) >= 11 is 3.50. The zero-order valence-electron chi connectivity index (χ0n) is 14.1. The molecule has 2 nitrogen and oxygen atoms in total. The van der Waals surface area contributed by atoms with E-state index in [1.54, 1.807) is 28.2 Å². The molecule has 2 unspecified atom stereocenters. The third-order valence-corrected chi connectivity index (χ3v) is 5.68. The van der Waals surface area contributed by atoms with Crippen LogP contribution in [0.3, 0.4) is 0 Å². The number of benzene rings is 2. The van der Waals surface area contributed by atoms with E-state index < -0.39 is 0 Å². The van der Waals surface area contributed by atoms with Crippen LogP contribution >= 0.6 is 45.2 Å². The molecule has 0 saturated carbocycles. The molecule has 0 fully saturated rings. The van der Waals surface area contributed by atoms with Gasteiger partial charge in [-0.15, -0.1) is 0 Å². The Kier molecular flexibility index (Phi) is 6.30. The van der Waals surface area contributed by atoms with E-state index >= 15 is 0 Å². The Morgan fingerprint density at radius 2 is 1.48 bits per heavy atom. The van der Waals surface area contributed by atoms with Crippen molar-refractivity contribution in [1.29, 1.82) is 0 Å². The first-order valence-electron chi connectivity index (χ1n) is 8.56. The Hall–Kier alpha value is -0.760. The Balaban J connectivity index is 0.000000569. The van der Waals surface area contributed by atoms with Crippen molar-refractivity contribution in [3.05, 3.63) is 69.8 Å². The fraction of sp³-hybridized carbons (Fsp3) is 0.333. The first-order chi connectivity index (χ1) is 12.1. The van der Waals surface area contributed by atoms with E-state index in [9.17, 15) is 4.79 Å². The molecule has 4 heteroatoms. The third-order valence-electron chi connectivity index (χ3n) is 5.30. The van der Waals surface area contributed by atoms with Gasteiger partial charge in [-0.2, -0.15) is 0 Å². The van der Waals surface area contributed by atoms with Crippen molar-refractivity contribution in [3.63, 3.8) is 0 Å². The molecular weight excluding hydrogens is 538 g/mol. The average Bonchev–Trinajstić information content (AvgIpc) is 2.61. The predicted molar refractivity (Wildman–Crippen MR) is 119 cm³/mol. The van der Waals surface area contributed by atoms with E-state index in [2.05, 4.69) is 43.3 Å². The van der Waals surface area contributed by atoms with Crippen molar-refractivity contribution < 1.29 is 9.59 Å². The molecule has 3 aliphatic carbocycles. The Morgan fingerprint density at radius 1 is 1.00 bits per heavy atom. The summed E-state index contributed by atoms with van der Waals surface area (Å²) in [7, 11) is 0. The Bertz CT molecular complexity index is 814. The highest BCUT2D eigenvalue weighted by Crippen LogP contribution is 2.53. The molecule has 25 heavy (non-hydrogen) atoms. The van der Waals surface area contributed by atoms with Crippen molar-refractivity contribution in [2.75, 3.05) is 0 Å². The number of carbonyl (C=O) groups excluding carboxylic acids is 2. The summed E-state index contributed by atoms with van der Waals surface area (Å²) in [4.78, 5) is 20.2. The maximum absolute atomic E-state index is 11.4. The van der Waals surface area contributed by atoms with Gasteiger partial charge in [0.2, 0.25) is 0 Å². The highest BCUT2D eigenvalue weighted by Gasteiger charge is 2.37. The summed E-state index contributed by atoms with van der Waals surface area (Å²) in [5, 5.41) is 0. The number of rotatable bonds is 3. The molecule has 0 amide bonds. The van der Waals surface area contributed by atoms with Crippen molar-refractivity contribution >= 4 is 53.3 Å². The lowest BCUT2D eigenvalue weighted by Gasteiger charge is -2.41. The van der Waals surface area contributed by atoms with Crippen LogP contribution in [0.1, 0.15) is 65.0 Å². The topological polar surface area (TPSA) is 34.1 Å². The number of carbonyl (C=O) groups is 2. The SMILES string of the molecule is CCc1ccc2c(c1)C1CCC2c2cc(CC(=O)I)ccc21.O=CI. The zero-order valence-corrected chi connectivity index (χ0v) is 18.4. The number of halogens is 2. The first-order valence-corrected chi connectivity index (χ1v) is 10.9. The maximum Gasteiger partial charge on any atom is 0.196 e. The molecule has 3 aliphatic rings. The zero-order chi connectivity index (χ0) is 18.0. The molecule has 0 spiro atoms. The molecule has 0 heterocycles. The van der Waals surface area contributed by atoms with Crippen molar-refractivity contribution in [2.45, 2.75) is 44.4 Å². The smallest absolute Gasteiger partial charge is 0.196 e. The van der Waals surface area contributed by atoms with Gasteiger partial charge in [0.15, 0.2) is 8.08 Å². The summed E-state index contributed by atoms with van der Waals surface area (Å²) in [5.74, 6) is 1.09. The summed E-state index contributed by atoms with van der Waals surface area (Å²) in [6.45, 7) is 2.23. The van der Waals surface area contributed by atoms with Gasteiger partial charge in [-0.05, 0) is 97.8 Å². The standard InChI is InChI=1S/C20H19IO.CHIO/c1-2-12-3-5-14-17-8-7-16(18(14)9-12)15-6-4-13(10-19(15)17)11-20(21)22;2-1-3/h3-6,9-10,16-17H,2,7-8,11H2,1H3;1H. The highest BCUT2D eigenvalue weighted by molar-refractivity contribution is 14.1. The fourth-order valence-corrected chi connectivity index (χ4v) is 4.71. The highest BCUT2D eigenvalue weighted by atomic mass is 127. The monoisotopic (exact) mass is 558 g/mol. The van der Waals surface area contributed by atoms with Crippen LogP contribution in [0.2, 0.25) is 0 Å². The van der Waals surface area contributed by atoms with Crippen LogP contribution in [-0.4, -0.2) is 8.08 Å². The van der Waals surface area contributed by atoms with E-state index in [1.165, 1.54) is 35.1 Å². The van der Waals surface area contributed by atoms with Crippen LogP contribution in [-0.2, 0) is 22.4 Å². The molecule has 0 radical (unpaired) electrons. The Labute approximate surface area is 176 Å². The van der Waals surface area contributed by atoms with Crippen molar-refractivity contribution in [2.24, 2.45) is 0 Å². The lowest BCUT2D eigenvalue weighted by atomic mass is 9.63. The minimum absolute atomic E-state index is 0.214. The van der Waals surface area contributed by atoms with Crippen LogP contribution in [0.25, 0.3) is 0 Å². The van der Waals surface area contributed by atoms with E-state index in [0.717, 1.165) is 16.3 Å². The van der Waals surface area contributed by atoms with Crippen LogP contribution < -0.4 is 0 Å². The fourth-order valence-electron chi connectivity index (χ4n) is 4.27. The second kappa shape index (κ2) is 8.29. The van der Waals surface area contributed by atoms with E-state index in [1.807, 2.05) is 22.6 Å². The largest absolute Gasteiger partial charge is 0.292 e. The number of aryl methyl sites for hydroxylation is 1. The second-order valence-corrected chi connectivity index (χ2v) is 8.30. The number of hydrogen-bond acceptors (Lipinski definition) is 2. The van der Waals surface area contributed by atoms with Gasteiger partial charge < -0.3 is 0 Å². The van der Waals surface area contributed by atoms with Gasteiger partial charge in [0.1, 0.15) is 0 Å². The number of hydrogen-bond donors (Lipinski definition) is 0. The van der Waals surface area contributed by atoms with Crippen molar-refractivity contribution in [1.82, 2.24) is 0 Å². The molecule has 0 aromatic heterocycles. The van der Waals surface area contributed by atoms with Crippen LogP contribution in [0.4, 0.5) is 0 Å². The molecular formula is C21H20I2O2. The average molecular weight is 558 g/mol. The molecule has 5 rings (SSSR count). The maximum atomic E-state index is 11.4. The summed E-state index contributed by atoms with van der Waals surface area (Å²) < 4.78 is 0.934. The lowest BCUT2D eigenvalue weighted by molar-refractivity contribution is -0.108. The van der Waals surface area contributed by atoms with Gasteiger partial charge in [0.25, 0.3) is 0 Å². The van der Waals surface area contributed by atoms with E-state index in [4.69, 9.17) is 4.79 Å². The van der Waals surface area contributed by atoms with Crippen LogP contribution in [0, 0.1) is 0 Å². The summed E-state index contributed by atoms with van der Waals surface area (Å²) in [5.41, 5.74) is 8.67. The minimum Gasteiger partial charge on any atom is -0.292 e. The Morgan fingerprint density at radius 3 is 1.96 bits per heavy atom. The predicted octanol–water partition coefficient (Wildman–Crippen LogP) is 5.74. The summed E-state index contributed by atoms with van der Waals surface area (Å²) in [6, 6.07) is 13.8. The van der Waals surface area contributed by atoms with Gasteiger partial charge >= 0.3 is 0 Å². The second-order valence-electron chi connectivity index (χ2n) is 6.58. The molecule has 130 valence electrons. The van der Waals surface area contributed by atoms with Gasteiger partial charge in [0.05, 0.1) is 0 Å². The molecule has 0 aliphatic heterocycles. The van der Waals surface area contributed by atoms with Crippen molar-refractivity contribution in [3.8, 4) is 0 Å². The molecule has 2 aromatic rings. The van der Waals surface area contributed by atoms with E-state index in [-0.39, 0.29) is 3.79 Å². The first kappa shape index (κ1) is 19.0. The van der Waals surface area contributed by atoms with E-state index in [0.29, 0.717) is 18.3 Å². The normalized spacial score (nSPS) is 19.3. The van der Waals surface area contributed by atoms with Gasteiger partial charge in [0, 0.05) is 18.3 Å². The minimum atomic E-state index is 0.214. The van der Waals surface area contributed by atoms with Crippen LogP contribution in [0.5, 0.6) is 0 Å². The molecule has 2 aromatic carbocycles. The third kappa shape index (κ3) is 3.84. The quantitative estimate of drug-likeness (QED) is 0.274. The van der Waals surface area contributed by atoms with Gasteiger partial charge in [-0.3, -0.25) is 9.59 Å². The van der Waals surface area contributed by atoms with Crippen LogP contribution in [0.15, 0.2) is 36.4 Å². The molecule has 2 bridgehead atoms. The van der Waals surface area contributed by atoms with Gasteiger partial charge in [-0.25, -0.2) is 0 Å². The molecule has 0 saturated heterocycles. The van der Waals surface area contributed by atoms with Gasteiger partial charge in [-0.1, -0.05) is 43.3 Å².